The molecule has 0 heterocycles. The van der Waals surface area contributed by atoms with E-state index in [1.54, 1.807) is 12.2 Å². The van der Waals surface area contributed by atoms with Crippen molar-refractivity contribution < 1.29 is 42.7 Å². The van der Waals surface area contributed by atoms with Gasteiger partial charge in [-0.1, -0.05) is 156 Å². The largest absolute Gasteiger partial charge is 0.472 e. The molecule has 0 aliphatic heterocycles. The molecule has 330 valence electrons. The molecular weight excluding hydrogens is 753 g/mol. The maximum absolute atomic E-state index is 12.6. The predicted molar refractivity (Wildman–Crippen MR) is 239 cm³/mol. The van der Waals surface area contributed by atoms with E-state index in [9.17, 15) is 24.2 Å². The van der Waals surface area contributed by atoms with Crippen LogP contribution in [-0.4, -0.2) is 60.5 Å². The molecule has 0 saturated carbocycles. The normalized spacial score (nSPS) is 14.8. The minimum atomic E-state index is -4.44. The van der Waals surface area contributed by atoms with E-state index in [2.05, 4.69) is 86.8 Å². The van der Waals surface area contributed by atoms with Gasteiger partial charge < -0.3 is 25.2 Å². The van der Waals surface area contributed by atoms with Crippen LogP contribution >= 0.6 is 7.82 Å². The third-order valence-corrected chi connectivity index (χ3v) is 9.56. The molecule has 4 N–H and O–H groups in total. The summed E-state index contributed by atoms with van der Waals surface area (Å²) < 4.78 is 32.6. The first-order chi connectivity index (χ1) is 28.2. The van der Waals surface area contributed by atoms with E-state index >= 15 is 0 Å². The first kappa shape index (κ1) is 54.9. The van der Waals surface area contributed by atoms with E-state index in [1.165, 1.54) is 38.5 Å². The van der Waals surface area contributed by atoms with Crippen LogP contribution in [0.5, 0.6) is 0 Å². The molecular formula is C47H78NO9P. The molecule has 0 radical (unpaired) electrons. The van der Waals surface area contributed by atoms with Crippen LogP contribution in [-0.2, 0) is 32.7 Å². The van der Waals surface area contributed by atoms with Crippen LogP contribution in [0.3, 0.4) is 0 Å². The zero-order chi connectivity index (χ0) is 42.6. The summed E-state index contributed by atoms with van der Waals surface area (Å²) in [6.45, 7) is 3.28. The van der Waals surface area contributed by atoms with Gasteiger partial charge in [-0.2, -0.15) is 0 Å². The van der Waals surface area contributed by atoms with Crippen LogP contribution in [0.2, 0.25) is 0 Å². The highest BCUT2D eigenvalue weighted by molar-refractivity contribution is 7.47. The third kappa shape index (κ3) is 41.1. The summed E-state index contributed by atoms with van der Waals surface area (Å²) in [4.78, 5) is 34.9. The third-order valence-electron chi connectivity index (χ3n) is 8.57. The number of unbranched alkanes of at least 4 members (excludes halogenated alkanes) is 10. The Kier molecular flexibility index (Phi) is 39.8. The summed E-state index contributed by atoms with van der Waals surface area (Å²) in [6, 6.07) is 0. The number of phosphoric acid groups is 1. The van der Waals surface area contributed by atoms with Gasteiger partial charge in [-0.05, 0) is 77.0 Å². The van der Waals surface area contributed by atoms with Crippen molar-refractivity contribution in [1.29, 1.82) is 0 Å². The lowest BCUT2D eigenvalue weighted by atomic mass is 10.1. The van der Waals surface area contributed by atoms with E-state index < -0.39 is 38.6 Å². The van der Waals surface area contributed by atoms with E-state index in [-0.39, 0.29) is 39.0 Å². The second-order valence-electron chi connectivity index (χ2n) is 14.0. The summed E-state index contributed by atoms with van der Waals surface area (Å²) in [5, 5.41) is 10.3. The Bertz CT molecular complexity index is 1280. The fraction of sp³-hybridized carbons (Fsp3) is 0.617. The summed E-state index contributed by atoms with van der Waals surface area (Å²) in [5.74, 6) is -1.13. The van der Waals surface area contributed by atoms with Crippen molar-refractivity contribution in [2.75, 3.05) is 26.4 Å². The first-order valence-electron chi connectivity index (χ1n) is 21.8. The number of aliphatic hydroxyl groups excluding tert-OH is 1. The highest BCUT2D eigenvalue weighted by atomic mass is 31.2. The lowest BCUT2D eigenvalue weighted by Gasteiger charge is -2.20. The van der Waals surface area contributed by atoms with Gasteiger partial charge in [0, 0.05) is 19.4 Å². The standard InChI is InChI=1S/C47H78NO9P/c1-3-5-7-9-11-13-15-17-19-21-23-25-27-29-31-33-35-37-47(51)57-45(43-56-58(52,53)55-41-40-48)42-54-46(50)39-38-44(49)36-34-32-30-28-26-24-22-20-18-16-14-12-10-8-6-4-2/h6,8,11-14,17-20,24,26,30,32,34,36,44-45,49H,3-5,7,9-10,15-16,21-23,25,27-29,31,33,35,37-43,48H2,1-2H3,(H,52,53)/b8-6-,13-11-,14-12-,19-17-,20-18-,26-24-,32-30-,36-34-/t44?,45-/m1/s1. The number of phosphoric ester groups is 1. The van der Waals surface area contributed by atoms with Crippen LogP contribution < -0.4 is 5.73 Å². The first-order valence-corrected chi connectivity index (χ1v) is 23.3. The molecule has 0 aromatic rings. The van der Waals surface area contributed by atoms with Crippen molar-refractivity contribution in [2.45, 2.75) is 161 Å². The molecule has 11 heteroatoms. The van der Waals surface area contributed by atoms with Crippen LogP contribution in [0.15, 0.2) is 97.2 Å². The van der Waals surface area contributed by atoms with Crippen molar-refractivity contribution in [3.8, 4) is 0 Å². The second-order valence-corrected chi connectivity index (χ2v) is 15.5. The number of rotatable bonds is 39. The molecule has 0 aliphatic carbocycles. The van der Waals surface area contributed by atoms with E-state index in [0.29, 0.717) is 6.42 Å². The predicted octanol–water partition coefficient (Wildman–Crippen LogP) is 11.6. The van der Waals surface area contributed by atoms with Gasteiger partial charge in [0.2, 0.25) is 0 Å². The Labute approximate surface area is 351 Å². The van der Waals surface area contributed by atoms with Crippen molar-refractivity contribution in [2.24, 2.45) is 5.73 Å². The van der Waals surface area contributed by atoms with Gasteiger partial charge >= 0.3 is 19.8 Å². The molecule has 10 nitrogen and oxygen atoms in total. The van der Waals surface area contributed by atoms with Crippen LogP contribution in [0.25, 0.3) is 0 Å². The minimum absolute atomic E-state index is 0.0159. The average molecular weight is 832 g/mol. The zero-order valence-corrected chi connectivity index (χ0v) is 36.7. The van der Waals surface area contributed by atoms with Crippen LogP contribution in [0.4, 0.5) is 0 Å². The van der Waals surface area contributed by atoms with Crippen molar-refractivity contribution in [1.82, 2.24) is 0 Å². The second kappa shape index (κ2) is 42.0. The minimum Gasteiger partial charge on any atom is -0.462 e. The molecule has 0 bridgehead atoms. The number of carbonyl (C=O) groups excluding carboxylic acids is 2. The van der Waals surface area contributed by atoms with E-state index in [4.69, 9.17) is 24.3 Å². The number of allylic oxidation sites excluding steroid dienone is 15. The number of hydrogen-bond donors (Lipinski definition) is 3. The topological polar surface area (TPSA) is 155 Å². The number of nitrogens with two attached hydrogens (primary N) is 1. The highest BCUT2D eigenvalue weighted by Crippen LogP contribution is 2.43. The Balaban J connectivity index is 4.41. The zero-order valence-electron chi connectivity index (χ0n) is 35.8. The fourth-order valence-corrected chi connectivity index (χ4v) is 6.07. The molecule has 0 saturated heterocycles. The molecule has 58 heavy (non-hydrogen) atoms. The Morgan fingerprint density at radius 3 is 1.74 bits per heavy atom. The maximum atomic E-state index is 12.6. The van der Waals surface area contributed by atoms with Gasteiger partial charge in [0.1, 0.15) is 6.61 Å². The highest BCUT2D eigenvalue weighted by Gasteiger charge is 2.26. The number of ether oxygens (including phenoxy) is 2. The van der Waals surface area contributed by atoms with Gasteiger partial charge in [0.15, 0.2) is 6.10 Å². The van der Waals surface area contributed by atoms with Gasteiger partial charge in [-0.15, -0.1) is 0 Å². The molecule has 0 aliphatic rings. The Morgan fingerprint density at radius 2 is 1.16 bits per heavy atom. The summed E-state index contributed by atoms with van der Waals surface area (Å²) in [7, 11) is -4.44. The van der Waals surface area contributed by atoms with Crippen molar-refractivity contribution in [3.05, 3.63) is 97.2 Å². The lowest BCUT2D eigenvalue weighted by molar-refractivity contribution is -0.161. The maximum Gasteiger partial charge on any atom is 0.472 e. The fourth-order valence-electron chi connectivity index (χ4n) is 5.30. The van der Waals surface area contributed by atoms with Gasteiger partial charge in [-0.25, -0.2) is 4.57 Å². The number of hydrogen-bond acceptors (Lipinski definition) is 9. The number of aliphatic hydroxyl groups is 1. The summed E-state index contributed by atoms with van der Waals surface area (Å²) >= 11 is 0. The summed E-state index contributed by atoms with van der Waals surface area (Å²) in [5.41, 5.74) is 5.33. The summed E-state index contributed by atoms with van der Waals surface area (Å²) in [6.07, 6.45) is 50.5. The average Bonchev–Trinajstić information content (AvgIpc) is 3.21. The molecule has 0 spiro atoms. The molecule has 2 unspecified atom stereocenters. The molecule has 0 rings (SSSR count). The van der Waals surface area contributed by atoms with Gasteiger partial charge in [0.05, 0.1) is 19.3 Å². The number of esters is 2. The quantitative estimate of drug-likeness (QED) is 0.0179. The van der Waals surface area contributed by atoms with Crippen LogP contribution in [0, 0.1) is 0 Å². The monoisotopic (exact) mass is 832 g/mol. The lowest BCUT2D eigenvalue weighted by Crippen LogP contribution is -2.29. The number of carbonyl (C=O) groups is 2. The molecule has 0 aromatic heterocycles. The van der Waals surface area contributed by atoms with Crippen molar-refractivity contribution >= 4 is 19.8 Å². The van der Waals surface area contributed by atoms with E-state index in [0.717, 1.165) is 70.6 Å². The molecule has 0 aromatic carbocycles. The molecule has 0 fully saturated rings. The van der Waals surface area contributed by atoms with Gasteiger partial charge in [0.25, 0.3) is 0 Å². The van der Waals surface area contributed by atoms with Gasteiger partial charge in [-0.3, -0.25) is 18.6 Å². The van der Waals surface area contributed by atoms with Crippen molar-refractivity contribution in [3.63, 3.8) is 0 Å². The van der Waals surface area contributed by atoms with Crippen LogP contribution in [0.1, 0.15) is 149 Å². The van der Waals surface area contributed by atoms with E-state index in [1.807, 2.05) is 12.2 Å². The Hall–Kier alpha value is -3.11. The Morgan fingerprint density at radius 1 is 0.621 bits per heavy atom. The SMILES string of the molecule is CC/C=C\C/C=C\C/C=C\C/C=C\C/C=C\C=C/C(O)CCC(=O)OC[C@H](COP(=O)(O)OCCN)OC(=O)CCCCCCCCC/C=C\C/C=C\CCCCC. The molecule has 3 atom stereocenters. The smallest absolute Gasteiger partial charge is 0.462 e. The molecule has 0 amide bonds.